The second-order valence-electron chi connectivity index (χ2n) is 6.07. The highest BCUT2D eigenvalue weighted by molar-refractivity contribution is 5.37. The van der Waals surface area contributed by atoms with E-state index in [1.165, 1.54) is 54.5 Å². The Labute approximate surface area is 112 Å². The monoisotopic (exact) mass is 245 g/mol. The van der Waals surface area contributed by atoms with E-state index in [0.717, 1.165) is 5.92 Å². The molecule has 100 valence electrons. The zero-order valence-electron chi connectivity index (χ0n) is 12.3. The van der Waals surface area contributed by atoms with Crippen LogP contribution in [0.25, 0.3) is 0 Å². The maximum atomic E-state index is 3.73. The molecule has 2 rings (SSSR count). The third-order valence-corrected chi connectivity index (χ3v) is 4.54. The molecule has 1 aliphatic rings. The van der Waals surface area contributed by atoms with Gasteiger partial charge in [-0.15, -0.1) is 0 Å². The summed E-state index contributed by atoms with van der Waals surface area (Å²) in [7, 11) is 0. The van der Waals surface area contributed by atoms with E-state index in [9.17, 15) is 0 Å². The highest BCUT2D eigenvalue weighted by Crippen LogP contribution is 2.26. The topological polar surface area (TPSA) is 12.0 Å². The summed E-state index contributed by atoms with van der Waals surface area (Å²) in [6, 6.07) is 5.15. The summed E-state index contributed by atoms with van der Waals surface area (Å²) in [6.07, 6.45) is 5.71. The van der Waals surface area contributed by atoms with Gasteiger partial charge in [-0.05, 0) is 75.3 Å². The quantitative estimate of drug-likeness (QED) is 0.826. The maximum absolute atomic E-state index is 3.73. The lowest BCUT2D eigenvalue weighted by molar-refractivity contribution is 0.452. The van der Waals surface area contributed by atoms with Crippen LogP contribution < -0.4 is 5.32 Å². The Morgan fingerprint density at radius 2 is 1.67 bits per heavy atom. The third-order valence-electron chi connectivity index (χ3n) is 4.54. The Morgan fingerprint density at radius 1 is 1.06 bits per heavy atom. The average molecular weight is 245 g/mol. The number of hydrogen-bond acceptors (Lipinski definition) is 1. The maximum Gasteiger partial charge on any atom is 0.0294 e. The van der Waals surface area contributed by atoms with E-state index in [1.807, 2.05) is 0 Å². The van der Waals surface area contributed by atoms with Crippen molar-refractivity contribution in [2.45, 2.75) is 59.4 Å². The first kappa shape index (κ1) is 13.6. The van der Waals surface area contributed by atoms with Crippen molar-refractivity contribution >= 4 is 0 Å². The lowest BCUT2D eigenvalue weighted by Gasteiger charge is -2.20. The molecule has 18 heavy (non-hydrogen) atoms. The number of rotatable bonds is 4. The highest BCUT2D eigenvalue weighted by Gasteiger charge is 2.16. The molecular weight excluding hydrogens is 218 g/mol. The van der Waals surface area contributed by atoms with E-state index in [1.54, 1.807) is 0 Å². The van der Waals surface area contributed by atoms with Gasteiger partial charge in [0.1, 0.15) is 0 Å². The molecule has 1 aromatic rings. The van der Waals surface area contributed by atoms with Crippen molar-refractivity contribution in [2.75, 3.05) is 6.54 Å². The van der Waals surface area contributed by atoms with Crippen LogP contribution in [0.3, 0.4) is 0 Å². The fourth-order valence-electron chi connectivity index (χ4n) is 3.12. The lowest BCUT2D eigenvalue weighted by Crippen LogP contribution is -2.25. The van der Waals surface area contributed by atoms with Crippen LogP contribution in [-0.2, 0) is 0 Å². The van der Waals surface area contributed by atoms with Crippen LogP contribution in [0, 0.1) is 26.7 Å². The van der Waals surface area contributed by atoms with Crippen LogP contribution in [-0.4, -0.2) is 6.54 Å². The normalized spacial score (nSPS) is 18.2. The predicted octanol–water partition coefficient (Wildman–Crippen LogP) is 4.45. The Kier molecular flexibility index (Phi) is 4.45. The van der Waals surface area contributed by atoms with Gasteiger partial charge in [-0.25, -0.2) is 0 Å². The van der Waals surface area contributed by atoms with Gasteiger partial charge in [0, 0.05) is 6.04 Å². The summed E-state index contributed by atoms with van der Waals surface area (Å²) in [5.41, 5.74) is 5.70. The van der Waals surface area contributed by atoms with E-state index in [2.05, 4.69) is 45.1 Å². The number of nitrogens with one attached hydrogen (secondary N) is 1. The van der Waals surface area contributed by atoms with Crippen molar-refractivity contribution in [3.8, 4) is 0 Å². The second-order valence-corrected chi connectivity index (χ2v) is 6.07. The summed E-state index contributed by atoms with van der Waals surface area (Å²) in [5.74, 6) is 0.916. The van der Waals surface area contributed by atoms with Crippen LogP contribution >= 0.6 is 0 Å². The second kappa shape index (κ2) is 5.88. The minimum atomic E-state index is 0.477. The fourth-order valence-corrected chi connectivity index (χ4v) is 3.12. The zero-order chi connectivity index (χ0) is 13.1. The van der Waals surface area contributed by atoms with Crippen LogP contribution in [0.4, 0.5) is 0 Å². The molecule has 1 fully saturated rings. The minimum absolute atomic E-state index is 0.477. The Balaban J connectivity index is 1.99. The number of benzene rings is 1. The first-order chi connectivity index (χ1) is 8.58. The Bertz CT molecular complexity index is 402. The van der Waals surface area contributed by atoms with Crippen molar-refractivity contribution in [3.63, 3.8) is 0 Å². The standard InChI is InChI=1S/C17H27N/c1-12-9-14(3)17(10-13(12)2)15(4)18-11-16-7-5-6-8-16/h9-10,15-16,18H,5-8,11H2,1-4H3. The van der Waals surface area contributed by atoms with Crippen molar-refractivity contribution in [1.82, 2.24) is 5.32 Å². The highest BCUT2D eigenvalue weighted by atomic mass is 14.9. The van der Waals surface area contributed by atoms with Crippen LogP contribution in [0.5, 0.6) is 0 Å². The third kappa shape index (κ3) is 3.14. The average Bonchev–Trinajstić information content (AvgIpc) is 2.84. The predicted molar refractivity (Wildman–Crippen MR) is 79.0 cm³/mol. The van der Waals surface area contributed by atoms with Crippen molar-refractivity contribution in [3.05, 3.63) is 34.4 Å². The summed E-state index contributed by atoms with van der Waals surface area (Å²) in [5, 5.41) is 3.73. The van der Waals surface area contributed by atoms with Gasteiger partial charge in [-0.2, -0.15) is 0 Å². The molecule has 1 heteroatoms. The molecule has 0 amide bonds. The van der Waals surface area contributed by atoms with Gasteiger partial charge in [-0.1, -0.05) is 25.0 Å². The molecule has 0 spiro atoms. The molecular formula is C17H27N. The van der Waals surface area contributed by atoms with Gasteiger partial charge in [0.15, 0.2) is 0 Å². The van der Waals surface area contributed by atoms with Crippen LogP contribution in [0.2, 0.25) is 0 Å². The Hall–Kier alpha value is -0.820. The van der Waals surface area contributed by atoms with Crippen molar-refractivity contribution < 1.29 is 0 Å². The molecule has 0 heterocycles. The van der Waals surface area contributed by atoms with Gasteiger partial charge in [-0.3, -0.25) is 0 Å². The molecule has 1 aromatic carbocycles. The summed E-state index contributed by atoms with van der Waals surface area (Å²) in [4.78, 5) is 0. The van der Waals surface area contributed by atoms with E-state index in [4.69, 9.17) is 0 Å². The summed E-state index contributed by atoms with van der Waals surface area (Å²) < 4.78 is 0. The zero-order valence-corrected chi connectivity index (χ0v) is 12.3. The molecule has 0 radical (unpaired) electrons. The first-order valence-electron chi connectivity index (χ1n) is 7.39. The molecule has 1 atom stereocenters. The molecule has 0 aromatic heterocycles. The van der Waals surface area contributed by atoms with E-state index in [0.29, 0.717) is 6.04 Å². The van der Waals surface area contributed by atoms with E-state index >= 15 is 0 Å². The molecule has 1 saturated carbocycles. The minimum Gasteiger partial charge on any atom is -0.310 e. The van der Waals surface area contributed by atoms with Crippen molar-refractivity contribution in [1.29, 1.82) is 0 Å². The molecule has 1 nitrogen and oxygen atoms in total. The first-order valence-corrected chi connectivity index (χ1v) is 7.39. The van der Waals surface area contributed by atoms with Gasteiger partial charge in [0.05, 0.1) is 0 Å². The van der Waals surface area contributed by atoms with E-state index < -0.39 is 0 Å². The van der Waals surface area contributed by atoms with Crippen LogP contribution in [0.1, 0.15) is 60.9 Å². The van der Waals surface area contributed by atoms with E-state index in [-0.39, 0.29) is 0 Å². The van der Waals surface area contributed by atoms with Gasteiger partial charge in [0.2, 0.25) is 0 Å². The molecule has 0 aliphatic heterocycles. The molecule has 0 saturated heterocycles. The van der Waals surface area contributed by atoms with Crippen molar-refractivity contribution in [2.24, 2.45) is 5.92 Å². The molecule has 1 unspecified atom stereocenters. The van der Waals surface area contributed by atoms with Gasteiger partial charge in [0.25, 0.3) is 0 Å². The summed E-state index contributed by atoms with van der Waals surface area (Å²) >= 11 is 0. The smallest absolute Gasteiger partial charge is 0.0294 e. The summed E-state index contributed by atoms with van der Waals surface area (Å²) in [6.45, 7) is 10.1. The molecule has 1 N–H and O–H groups in total. The van der Waals surface area contributed by atoms with Gasteiger partial charge >= 0.3 is 0 Å². The SMILES string of the molecule is Cc1cc(C)c(C(C)NCC2CCCC2)cc1C. The largest absolute Gasteiger partial charge is 0.310 e. The molecule has 0 bridgehead atoms. The lowest BCUT2D eigenvalue weighted by atomic mass is 9.96. The molecule has 1 aliphatic carbocycles. The van der Waals surface area contributed by atoms with Crippen LogP contribution in [0.15, 0.2) is 12.1 Å². The number of aryl methyl sites for hydroxylation is 3. The Morgan fingerprint density at radius 3 is 2.33 bits per heavy atom. The fraction of sp³-hybridized carbons (Fsp3) is 0.647. The number of hydrogen-bond donors (Lipinski definition) is 1. The van der Waals surface area contributed by atoms with Gasteiger partial charge < -0.3 is 5.32 Å².